The number of carbonyl (C=O) groups is 1. The minimum absolute atomic E-state index is 0.104. The van der Waals surface area contributed by atoms with Gasteiger partial charge in [-0.25, -0.2) is 0 Å². The molecule has 1 saturated heterocycles. The molecule has 0 bridgehead atoms. The topological polar surface area (TPSA) is 59.4 Å². The normalized spacial score (nSPS) is 17.0. The number of nitrogens with one attached hydrogen (secondary N) is 1. The maximum absolute atomic E-state index is 12.0. The first-order valence-corrected chi connectivity index (χ1v) is 9.31. The first-order chi connectivity index (χ1) is 12.1. The molecule has 1 heterocycles. The number of piperazine rings is 1. The maximum atomic E-state index is 12.0. The summed E-state index contributed by atoms with van der Waals surface area (Å²) < 4.78 is 0. The van der Waals surface area contributed by atoms with E-state index in [4.69, 9.17) is 5.26 Å². The number of aryl methyl sites for hydroxylation is 1. The molecule has 5 heteroatoms. The van der Waals surface area contributed by atoms with E-state index in [9.17, 15) is 4.79 Å². The smallest absolute Gasteiger partial charge is 0.220 e. The van der Waals surface area contributed by atoms with E-state index in [1.54, 1.807) is 12.1 Å². The molecule has 0 spiro atoms. The summed E-state index contributed by atoms with van der Waals surface area (Å²) >= 11 is 0. The van der Waals surface area contributed by atoms with Crippen molar-refractivity contribution >= 4 is 5.91 Å². The van der Waals surface area contributed by atoms with Gasteiger partial charge in [0.2, 0.25) is 5.91 Å². The Morgan fingerprint density at radius 3 is 2.44 bits per heavy atom. The molecule has 25 heavy (non-hydrogen) atoms. The molecule has 2 rings (SSSR count). The van der Waals surface area contributed by atoms with Crippen LogP contribution in [0.15, 0.2) is 24.3 Å². The van der Waals surface area contributed by atoms with Crippen LogP contribution in [0.5, 0.6) is 0 Å². The molecule has 1 fully saturated rings. The van der Waals surface area contributed by atoms with Gasteiger partial charge in [-0.1, -0.05) is 26.0 Å². The van der Waals surface area contributed by atoms with Crippen molar-refractivity contribution in [1.82, 2.24) is 15.1 Å². The molecule has 0 aliphatic carbocycles. The predicted molar refractivity (Wildman–Crippen MR) is 100 cm³/mol. The first kappa shape index (κ1) is 19.4. The van der Waals surface area contributed by atoms with Gasteiger partial charge in [-0.2, -0.15) is 5.26 Å². The summed E-state index contributed by atoms with van der Waals surface area (Å²) in [5.74, 6) is 0.569. The molecule has 0 radical (unpaired) electrons. The SMILES string of the molecule is CCN1CCN(C[C@@H](C)CNC(=O)CCc2ccc(C#N)cc2)CC1. The monoisotopic (exact) mass is 342 g/mol. The molecule has 0 saturated carbocycles. The third-order valence-corrected chi connectivity index (χ3v) is 4.85. The lowest BCUT2D eigenvalue weighted by molar-refractivity contribution is -0.121. The molecule has 5 nitrogen and oxygen atoms in total. The average molecular weight is 342 g/mol. The largest absolute Gasteiger partial charge is 0.356 e. The molecule has 1 aliphatic rings. The molecule has 1 atom stereocenters. The molecule has 1 amide bonds. The van der Waals surface area contributed by atoms with E-state index in [0.29, 0.717) is 24.3 Å². The van der Waals surface area contributed by atoms with Crippen LogP contribution in [0.1, 0.15) is 31.4 Å². The highest BCUT2D eigenvalue weighted by atomic mass is 16.1. The van der Waals surface area contributed by atoms with E-state index in [2.05, 4.69) is 35.0 Å². The van der Waals surface area contributed by atoms with Gasteiger partial charge in [-0.15, -0.1) is 0 Å². The van der Waals surface area contributed by atoms with Gasteiger partial charge in [0.15, 0.2) is 0 Å². The Bertz CT molecular complexity index is 570. The second-order valence-corrected chi connectivity index (χ2v) is 6.95. The zero-order chi connectivity index (χ0) is 18.1. The lowest BCUT2D eigenvalue weighted by Gasteiger charge is -2.35. The molecular formula is C20H30N4O. The number of nitriles is 1. The van der Waals surface area contributed by atoms with E-state index in [1.807, 2.05) is 12.1 Å². The number of rotatable bonds is 8. The van der Waals surface area contributed by atoms with E-state index in [0.717, 1.165) is 51.4 Å². The van der Waals surface area contributed by atoms with Crippen LogP contribution in [0.2, 0.25) is 0 Å². The molecule has 1 aromatic carbocycles. The molecule has 1 aromatic rings. The van der Waals surface area contributed by atoms with Crippen molar-refractivity contribution in [2.75, 3.05) is 45.8 Å². The second kappa shape index (κ2) is 10.2. The molecular weight excluding hydrogens is 312 g/mol. The lowest BCUT2D eigenvalue weighted by Crippen LogP contribution is -2.48. The number of hydrogen-bond donors (Lipinski definition) is 1. The predicted octanol–water partition coefficient (Wildman–Crippen LogP) is 1.88. The molecule has 1 N–H and O–H groups in total. The fourth-order valence-corrected chi connectivity index (χ4v) is 3.17. The third kappa shape index (κ3) is 6.85. The van der Waals surface area contributed by atoms with Gasteiger partial charge in [-0.05, 0) is 36.6 Å². The van der Waals surface area contributed by atoms with Crippen LogP contribution in [-0.4, -0.2) is 61.5 Å². The van der Waals surface area contributed by atoms with Crippen molar-refractivity contribution in [2.24, 2.45) is 5.92 Å². The highest BCUT2D eigenvalue weighted by Gasteiger charge is 2.17. The van der Waals surface area contributed by atoms with Gasteiger partial charge >= 0.3 is 0 Å². The first-order valence-electron chi connectivity index (χ1n) is 9.31. The van der Waals surface area contributed by atoms with Gasteiger partial charge in [0.1, 0.15) is 0 Å². The number of amides is 1. The van der Waals surface area contributed by atoms with Crippen molar-refractivity contribution in [3.63, 3.8) is 0 Å². The highest BCUT2D eigenvalue weighted by Crippen LogP contribution is 2.07. The van der Waals surface area contributed by atoms with Crippen LogP contribution < -0.4 is 5.32 Å². The van der Waals surface area contributed by atoms with Crippen molar-refractivity contribution in [3.8, 4) is 6.07 Å². The summed E-state index contributed by atoms with van der Waals surface area (Å²) in [6.07, 6.45) is 1.21. The van der Waals surface area contributed by atoms with Gasteiger partial charge in [0.05, 0.1) is 11.6 Å². The van der Waals surface area contributed by atoms with Crippen LogP contribution in [0.4, 0.5) is 0 Å². The van der Waals surface area contributed by atoms with Gasteiger partial charge < -0.3 is 15.1 Å². The minimum atomic E-state index is 0.104. The quantitative estimate of drug-likeness (QED) is 0.784. The van der Waals surface area contributed by atoms with Crippen molar-refractivity contribution in [1.29, 1.82) is 5.26 Å². The number of benzene rings is 1. The molecule has 1 aliphatic heterocycles. The molecule has 0 aromatic heterocycles. The lowest BCUT2D eigenvalue weighted by atomic mass is 10.1. The Balaban J connectivity index is 1.61. The summed E-state index contributed by atoms with van der Waals surface area (Å²) in [6, 6.07) is 9.55. The Kier molecular flexibility index (Phi) is 7.90. The molecule has 136 valence electrons. The van der Waals surface area contributed by atoms with Crippen LogP contribution in [0, 0.1) is 17.2 Å². The fraction of sp³-hybridized carbons (Fsp3) is 0.600. The number of nitrogens with zero attached hydrogens (tertiary/aromatic N) is 3. The van der Waals surface area contributed by atoms with Crippen LogP contribution in [0.3, 0.4) is 0 Å². The van der Waals surface area contributed by atoms with Crippen molar-refractivity contribution in [2.45, 2.75) is 26.7 Å². The Labute approximate surface area is 151 Å². The van der Waals surface area contributed by atoms with E-state index >= 15 is 0 Å². The molecule has 0 unspecified atom stereocenters. The fourth-order valence-electron chi connectivity index (χ4n) is 3.17. The van der Waals surface area contributed by atoms with Crippen LogP contribution in [-0.2, 0) is 11.2 Å². The second-order valence-electron chi connectivity index (χ2n) is 6.95. The van der Waals surface area contributed by atoms with E-state index in [1.165, 1.54) is 0 Å². The number of likely N-dealkylation sites (N-methyl/N-ethyl adjacent to an activating group) is 1. The third-order valence-electron chi connectivity index (χ3n) is 4.85. The highest BCUT2D eigenvalue weighted by molar-refractivity contribution is 5.76. The average Bonchev–Trinajstić information content (AvgIpc) is 2.65. The minimum Gasteiger partial charge on any atom is -0.356 e. The zero-order valence-corrected chi connectivity index (χ0v) is 15.5. The summed E-state index contributed by atoms with van der Waals surface area (Å²) in [7, 11) is 0. The Morgan fingerprint density at radius 2 is 1.84 bits per heavy atom. The van der Waals surface area contributed by atoms with E-state index < -0.39 is 0 Å². The van der Waals surface area contributed by atoms with Crippen molar-refractivity contribution in [3.05, 3.63) is 35.4 Å². The standard InChI is InChI=1S/C20H30N4O/c1-3-23-10-12-24(13-11-23)16-17(2)15-22-20(25)9-8-18-4-6-19(14-21)7-5-18/h4-7,17H,3,8-13,15-16H2,1-2H3,(H,22,25)/t17-/m0/s1. The van der Waals surface area contributed by atoms with Crippen molar-refractivity contribution < 1.29 is 4.79 Å². The Morgan fingerprint density at radius 1 is 1.20 bits per heavy atom. The van der Waals surface area contributed by atoms with Gasteiger partial charge in [-0.3, -0.25) is 4.79 Å². The summed E-state index contributed by atoms with van der Waals surface area (Å²) in [4.78, 5) is 17.0. The van der Waals surface area contributed by atoms with Crippen LogP contribution >= 0.6 is 0 Å². The van der Waals surface area contributed by atoms with Crippen LogP contribution in [0.25, 0.3) is 0 Å². The maximum Gasteiger partial charge on any atom is 0.220 e. The van der Waals surface area contributed by atoms with Gasteiger partial charge in [0.25, 0.3) is 0 Å². The number of hydrogen-bond acceptors (Lipinski definition) is 4. The summed E-state index contributed by atoms with van der Waals surface area (Å²) in [5, 5.41) is 11.8. The van der Waals surface area contributed by atoms with Gasteiger partial charge in [0, 0.05) is 45.7 Å². The zero-order valence-electron chi connectivity index (χ0n) is 15.5. The Hall–Kier alpha value is -1.90. The summed E-state index contributed by atoms with van der Waals surface area (Å²) in [5.41, 5.74) is 1.75. The van der Waals surface area contributed by atoms with E-state index in [-0.39, 0.29) is 5.91 Å². The number of carbonyl (C=O) groups excluding carboxylic acids is 1. The summed E-state index contributed by atoms with van der Waals surface area (Å²) in [6.45, 7) is 11.9.